The third kappa shape index (κ3) is 9.55. The molecule has 7 nitrogen and oxygen atoms in total. The molecular weight excluding hydrogens is 499 g/mol. The molecule has 1 unspecified atom stereocenters. The van der Waals surface area contributed by atoms with E-state index in [-0.39, 0.29) is 35.8 Å². The highest BCUT2D eigenvalue weighted by Gasteiger charge is 2.23. The third-order valence-corrected chi connectivity index (χ3v) is 6.11. The number of rotatable bonds is 9. The summed E-state index contributed by atoms with van der Waals surface area (Å²) in [4.78, 5) is 8.48. The fourth-order valence-electron chi connectivity index (χ4n) is 2.82. The van der Waals surface area contributed by atoms with Gasteiger partial charge in [0.05, 0.1) is 31.6 Å². The Balaban J connectivity index is 0.00000364. The molecule has 1 aliphatic rings. The van der Waals surface area contributed by atoms with E-state index in [1.165, 1.54) is 11.1 Å². The van der Waals surface area contributed by atoms with Crippen LogP contribution in [-0.2, 0) is 14.6 Å². The van der Waals surface area contributed by atoms with Gasteiger partial charge in [0.15, 0.2) is 5.96 Å². The van der Waals surface area contributed by atoms with Gasteiger partial charge in [-0.25, -0.2) is 8.42 Å². The number of thiophene rings is 1. The van der Waals surface area contributed by atoms with Gasteiger partial charge >= 0.3 is 0 Å². The fourth-order valence-corrected chi connectivity index (χ4v) is 4.34. The van der Waals surface area contributed by atoms with Crippen molar-refractivity contribution in [2.45, 2.75) is 19.4 Å². The van der Waals surface area contributed by atoms with Crippen molar-refractivity contribution >= 4 is 51.1 Å². The Bertz CT molecular complexity index is 647. The van der Waals surface area contributed by atoms with Crippen molar-refractivity contribution < 1.29 is 13.2 Å². The Morgan fingerprint density at radius 2 is 2.11 bits per heavy atom. The molecule has 0 saturated carbocycles. The smallest absolute Gasteiger partial charge is 0.191 e. The Kier molecular flexibility index (Phi) is 11.8. The first-order valence-corrected chi connectivity index (χ1v) is 12.0. The summed E-state index contributed by atoms with van der Waals surface area (Å²) < 4.78 is 27.9. The van der Waals surface area contributed by atoms with E-state index in [1.54, 1.807) is 11.3 Å². The van der Waals surface area contributed by atoms with Gasteiger partial charge in [0, 0.05) is 37.3 Å². The lowest BCUT2D eigenvalue weighted by Gasteiger charge is -2.33. The largest absolute Gasteiger partial charge is 0.379 e. The van der Waals surface area contributed by atoms with Gasteiger partial charge in [-0.05, 0) is 24.8 Å². The first kappa shape index (κ1) is 24.6. The van der Waals surface area contributed by atoms with Crippen LogP contribution < -0.4 is 10.6 Å². The van der Waals surface area contributed by atoms with Crippen LogP contribution in [0.4, 0.5) is 0 Å². The van der Waals surface area contributed by atoms with Crippen LogP contribution in [0.5, 0.6) is 0 Å². The topological polar surface area (TPSA) is 83.0 Å². The van der Waals surface area contributed by atoms with Gasteiger partial charge < -0.3 is 15.4 Å². The normalized spacial score (nSPS) is 17.2. The molecule has 1 aromatic heterocycles. The van der Waals surface area contributed by atoms with E-state index in [0.717, 1.165) is 38.8 Å². The van der Waals surface area contributed by atoms with Gasteiger partial charge in [-0.2, -0.15) is 0 Å². The summed E-state index contributed by atoms with van der Waals surface area (Å²) in [6.45, 7) is 7.37. The number of hydrogen-bond donors (Lipinski definition) is 2. The molecule has 27 heavy (non-hydrogen) atoms. The van der Waals surface area contributed by atoms with Crippen molar-refractivity contribution in [2.75, 3.05) is 57.9 Å². The summed E-state index contributed by atoms with van der Waals surface area (Å²) >= 11 is 1.75. The van der Waals surface area contributed by atoms with Crippen LogP contribution in [0.3, 0.4) is 0 Å². The lowest BCUT2D eigenvalue weighted by molar-refractivity contribution is 0.0186. The number of guanidine groups is 1. The van der Waals surface area contributed by atoms with Crippen LogP contribution in [0.2, 0.25) is 0 Å². The van der Waals surface area contributed by atoms with E-state index < -0.39 is 9.84 Å². The average molecular weight is 530 g/mol. The maximum Gasteiger partial charge on any atom is 0.191 e. The van der Waals surface area contributed by atoms with Crippen molar-refractivity contribution in [1.82, 2.24) is 15.5 Å². The highest BCUT2D eigenvalue weighted by molar-refractivity contribution is 14.0. The maximum absolute atomic E-state index is 11.2. The molecule has 1 aliphatic heterocycles. The van der Waals surface area contributed by atoms with E-state index in [9.17, 15) is 8.42 Å². The zero-order valence-electron chi connectivity index (χ0n) is 16.0. The molecule has 0 aromatic carbocycles. The van der Waals surface area contributed by atoms with Crippen LogP contribution in [0.15, 0.2) is 22.5 Å². The maximum atomic E-state index is 11.2. The number of nitrogens with zero attached hydrogens (tertiary/aromatic N) is 2. The van der Waals surface area contributed by atoms with Gasteiger partial charge in [0.2, 0.25) is 0 Å². The summed E-state index contributed by atoms with van der Waals surface area (Å²) in [6.07, 6.45) is 1.83. The van der Waals surface area contributed by atoms with Crippen LogP contribution in [-0.4, -0.2) is 77.2 Å². The molecule has 0 aliphatic carbocycles. The van der Waals surface area contributed by atoms with Crippen LogP contribution >= 0.6 is 35.3 Å². The minimum absolute atomic E-state index is 0. The number of halogens is 1. The van der Waals surface area contributed by atoms with E-state index >= 15 is 0 Å². The standard InChI is InChI=1S/C17H30N4O3S2.HI/c1-3-18-17(19-7-5-13-26(2,22)23)20-14-15(16-6-4-12-25-16)21-8-10-24-11-9-21;/h4,6,12,15H,3,5,7-11,13-14H2,1-2H3,(H2,18,19,20);1H. The molecule has 2 N–H and O–H groups in total. The molecule has 0 bridgehead atoms. The zero-order valence-corrected chi connectivity index (χ0v) is 20.0. The van der Waals surface area contributed by atoms with Crippen molar-refractivity contribution in [1.29, 1.82) is 0 Å². The number of ether oxygens (including phenoxy) is 1. The summed E-state index contributed by atoms with van der Waals surface area (Å²) in [5.74, 6) is 0.918. The molecule has 0 radical (unpaired) electrons. The number of aliphatic imine (C=N–C) groups is 1. The second kappa shape index (κ2) is 12.9. The predicted molar refractivity (Wildman–Crippen MR) is 123 cm³/mol. The minimum atomic E-state index is -2.92. The summed E-state index contributed by atoms with van der Waals surface area (Å²) in [7, 11) is -2.92. The Morgan fingerprint density at radius 1 is 1.37 bits per heavy atom. The third-order valence-electron chi connectivity index (χ3n) is 4.11. The summed E-state index contributed by atoms with van der Waals surface area (Å²) in [6, 6.07) is 4.48. The summed E-state index contributed by atoms with van der Waals surface area (Å²) in [5, 5.41) is 8.56. The van der Waals surface area contributed by atoms with Crippen molar-refractivity contribution in [2.24, 2.45) is 4.99 Å². The van der Waals surface area contributed by atoms with E-state index in [0.29, 0.717) is 19.5 Å². The molecule has 1 saturated heterocycles. The van der Waals surface area contributed by atoms with E-state index in [1.807, 2.05) is 6.92 Å². The van der Waals surface area contributed by atoms with Crippen LogP contribution in [0.25, 0.3) is 0 Å². The predicted octanol–water partition coefficient (Wildman–Crippen LogP) is 1.73. The van der Waals surface area contributed by atoms with Crippen molar-refractivity contribution in [3.8, 4) is 0 Å². The van der Waals surface area contributed by atoms with Gasteiger partial charge in [-0.3, -0.25) is 9.89 Å². The molecule has 1 fully saturated rings. The molecule has 156 valence electrons. The fraction of sp³-hybridized carbons (Fsp3) is 0.706. The molecule has 0 spiro atoms. The second-order valence-electron chi connectivity index (χ2n) is 6.31. The zero-order chi connectivity index (χ0) is 18.8. The Morgan fingerprint density at radius 3 is 2.70 bits per heavy atom. The lowest BCUT2D eigenvalue weighted by Crippen LogP contribution is -2.41. The van der Waals surface area contributed by atoms with Crippen LogP contribution in [0.1, 0.15) is 24.3 Å². The van der Waals surface area contributed by atoms with Gasteiger partial charge in [-0.15, -0.1) is 35.3 Å². The highest BCUT2D eigenvalue weighted by atomic mass is 127. The van der Waals surface area contributed by atoms with Gasteiger partial charge in [0.25, 0.3) is 0 Å². The SMILES string of the molecule is CCNC(=NCC(c1cccs1)N1CCOCC1)NCCCS(C)(=O)=O.I. The monoisotopic (exact) mass is 530 g/mol. The van der Waals surface area contributed by atoms with Gasteiger partial charge in [0.1, 0.15) is 9.84 Å². The molecular formula is C17H31IN4O3S2. The first-order chi connectivity index (χ1) is 12.5. The molecule has 10 heteroatoms. The highest BCUT2D eigenvalue weighted by Crippen LogP contribution is 2.26. The second-order valence-corrected chi connectivity index (χ2v) is 9.55. The average Bonchev–Trinajstić information content (AvgIpc) is 3.13. The lowest BCUT2D eigenvalue weighted by atomic mass is 10.2. The minimum Gasteiger partial charge on any atom is -0.379 e. The molecule has 0 amide bonds. The quantitative estimate of drug-likeness (QED) is 0.219. The Hall–Kier alpha value is -0.430. The molecule has 2 heterocycles. The first-order valence-electron chi connectivity index (χ1n) is 9.04. The van der Waals surface area contributed by atoms with E-state index in [4.69, 9.17) is 9.73 Å². The van der Waals surface area contributed by atoms with Crippen molar-refractivity contribution in [3.05, 3.63) is 22.4 Å². The molecule has 1 atom stereocenters. The van der Waals surface area contributed by atoms with E-state index in [2.05, 4.69) is 33.0 Å². The molecule has 1 aromatic rings. The number of sulfone groups is 1. The number of nitrogens with one attached hydrogen (secondary N) is 2. The van der Waals surface area contributed by atoms with Crippen LogP contribution in [0, 0.1) is 0 Å². The molecule has 2 rings (SSSR count). The summed E-state index contributed by atoms with van der Waals surface area (Å²) in [5.41, 5.74) is 0. The van der Waals surface area contributed by atoms with Gasteiger partial charge in [-0.1, -0.05) is 6.07 Å². The number of morpholine rings is 1. The Labute approximate surface area is 183 Å². The number of hydrogen-bond acceptors (Lipinski definition) is 6. The van der Waals surface area contributed by atoms with Crippen molar-refractivity contribution in [3.63, 3.8) is 0 Å².